The number of thioether (sulfide) groups is 1. The molecule has 0 bridgehead atoms. The quantitative estimate of drug-likeness (QED) is 0.259. The summed E-state index contributed by atoms with van der Waals surface area (Å²) in [4.78, 5) is 11.1. The van der Waals surface area contributed by atoms with Gasteiger partial charge < -0.3 is 4.74 Å². The third-order valence-electron chi connectivity index (χ3n) is 1.86. The third-order valence-corrected chi connectivity index (χ3v) is 3.19. The maximum atomic E-state index is 10.7. The van der Waals surface area contributed by atoms with Crippen LogP contribution in [0.3, 0.4) is 0 Å². The van der Waals surface area contributed by atoms with E-state index in [1.807, 2.05) is 0 Å². The first-order chi connectivity index (χ1) is 7.67. The minimum absolute atomic E-state index is 0.0488. The lowest BCUT2D eigenvalue weighted by molar-refractivity contribution is -0.385. The zero-order valence-corrected chi connectivity index (χ0v) is 10.4. The summed E-state index contributed by atoms with van der Waals surface area (Å²) in [6.45, 7) is 0. The zero-order valence-electron chi connectivity index (χ0n) is 8.81. The molecule has 0 aliphatic heterocycles. The summed E-state index contributed by atoms with van der Waals surface area (Å²) in [6.07, 6.45) is 0.872. The van der Waals surface area contributed by atoms with E-state index >= 15 is 0 Å². The van der Waals surface area contributed by atoms with E-state index in [1.54, 1.807) is 12.1 Å². The van der Waals surface area contributed by atoms with E-state index in [0.717, 1.165) is 17.1 Å². The second kappa shape index (κ2) is 6.60. The fraction of sp³-hybridized carbons (Fsp3) is 0.400. The fourth-order valence-corrected chi connectivity index (χ4v) is 2.33. The van der Waals surface area contributed by atoms with Crippen molar-refractivity contribution < 1.29 is 9.66 Å². The highest BCUT2D eigenvalue weighted by Gasteiger charge is 2.10. The van der Waals surface area contributed by atoms with Gasteiger partial charge in [-0.2, -0.15) is 0 Å². The van der Waals surface area contributed by atoms with Gasteiger partial charge in [-0.05, 0) is 18.2 Å². The van der Waals surface area contributed by atoms with Crippen LogP contribution in [0.25, 0.3) is 0 Å². The molecule has 1 aromatic carbocycles. The first-order valence-electron chi connectivity index (χ1n) is 4.69. The molecule has 0 amide bonds. The van der Waals surface area contributed by atoms with Gasteiger partial charge in [-0.3, -0.25) is 10.1 Å². The van der Waals surface area contributed by atoms with Crippen molar-refractivity contribution in [2.24, 2.45) is 0 Å². The first-order valence-corrected chi connectivity index (χ1v) is 6.21. The monoisotopic (exact) mass is 261 g/mol. The summed E-state index contributed by atoms with van der Waals surface area (Å²) in [6, 6.07) is 4.74. The Morgan fingerprint density at radius 1 is 1.50 bits per heavy atom. The number of alkyl halides is 1. The standard InChI is InChI=1S/C10H12ClNO3S/c1-15-9-5-8(12(13)14)6-10(7-9)16-4-2-3-11/h5-7H,2-4H2,1H3. The molecule has 1 rings (SSSR count). The van der Waals surface area contributed by atoms with Crippen molar-refractivity contribution in [2.45, 2.75) is 11.3 Å². The summed E-state index contributed by atoms with van der Waals surface area (Å²) in [5, 5.41) is 10.7. The van der Waals surface area contributed by atoms with Crippen LogP contribution in [-0.4, -0.2) is 23.7 Å². The van der Waals surface area contributed by atoms with Crippen LogP contribution in [0.2, 0.25) is 0 Å². The Morgan fingerprint density at radius 2 is 2.25 bits per heavy atom. The van der Waals surface area contributed by atoms with Gasteiger partial charge in [0.05, 0.1) is 18.1 Å². The number of hydrogen-bond donors (Lipinski definition) is 0. The van der Waals surface area contributed by atoms with E-state index in [4.69, 9.17) is 16.3 Å². The highest BCUT2D eigenvalue weighted by atomic mass is 35.5. The van der Waals surface area contributed by atoms with E-state index in [-0.39, 0.29) is 5.69 Å². The molecule has 88 valence electrons. The molecule has 0 atom stereocenters. The van der Waals surface area contributed by atoms with Crippen molar-refractivity contribution in [3.63, 3.8) is 0 Å². The molecule has 0 saturated carbocycles. The molecule has 1 aromatic rings. The molecule has 0 heterocycles. The van der Waals surface area contributed by atoms with Crippen LogP contribution in [0.1, 0.15) is 6.42 Å². The van der Waals surface area contributed by atoms with Crippen molar-refractivity contribution in [3.8, 4) is 5.75 Å². The highest BCUT2D eigenvalue weighted by Crippen LogP contribution is 2.29. The predicted molar refractivity (Wildman–Crippen MR) is 65.7 cm³/mol. The molecule has 6 heteroatoms. The van der Waals surface area contributed by atoms with Gasteiger partial charge in [0.1, 0.15) is 5.75 Å². The number of hydrogen-bond acceptors (Lipinski definition) is 4. The molecule has 0 spiro atoms. The molecule has 0 radical (unpaired) electrons. The van der Waals surface area contributed by atoms with Crippen LogP contribution < -0.4 is 4.74 Å². The maximum Gasteiger partial charge on any atom is 0.274 e. The SMILES string of the molecule is COc1cc(SCCCCl)cc([N+](=O)[O-])c1. The van der Waals surface area contributed by atoms with Crippen molar-refractivity contribution in [1.82, 2.24) is 0 Å². The summed E-state index contributed by atoms with van der Waals surface area (Å²) in [5.41, 5.74) is 0.0488. The number of ether oxygens (including phenoxy) is 1. The molecular weight excluding hydrogens is 250 g/mol. The van der Waals surface area contributed by atoms with Crippen molar-refractivity contribution in [2.75, 3.05) is 18.7 Å². The van der Waals surface area contributed by atoms with Gasteiger partial charge in [-0.25, -0.2) is 0 Å². The molecule has 16 heavy (non-hydrogen) atoms. The number of methoxy groups -OCH3 is 1. The molecule has 0 aromatic heterocycles. The van der Waals surface area contributed by atoms with Crippen LogP contribution in [0.4, 0.5) is 5.69 Å². The smallest absolute Gasteiger partial charge is 0.274 e. The lowest BCUT2D eigenvalue weighted by atomic mass is 10.3. The van der Waals surface area contributed by atoms with Crippen LogP contribution in [0.15, 0.2) is 23.1 Å². The number of nitrogens with zero attached hydrogens (tertiary/aromatic N) is 1. The summed E-state index contributed by atoms with van der Waals surface area (Å²) in [7, 11) is 1.49. The Morgan fingerprint density at radius 3 is 2.81 bits per heavy atom. The van der Waals surface area contributed by atoms with Gasteiger partial charge >= 0.3 is 0 Å². The van der Waals surface area contributed by atoms with Gasteiger partial charge in [0, 0.05) is 16.8 Å². The average Bonchev–Trinajstić information content (AvgIpc) is 2.29. The minimum Gasteiger partial charge on any atom is -0.496 e. The number of nitro groups is 1. The molecule has 0 fully saturated rings. The number of rotatable bonds is 6. The van der Waals surface area contributed by atoms with Gasteiger partial charge in [-0.15, -0.1) is 23.4 Å². The van der Waals surface area contributed by atoms with Crippen molar-refractivity contribution >= 4 is 29.1 Å². The van der Waals surface area contributed by atoms with E-state index in [2.05, 4.69) is 0 Å². The highest BCUT2D eigenvalue weighted by molar-refractivity contribution is 7.99. The van der Waals surface area contributed by atoms with Gasteiger partial charge in [-0.1, -0.05) is 0 Å². The van der Waals surface area contributed by atoms with Gasteiger partial charge in [0.15, 0.2) is 0 Å². The van der Waals surface area contributed by atoms with Crippen molar-refractivity contribution in [3.05, 3.63) is 28.3 Å². The summed E-state index contributed by atoms with van der Waals surface area (Å²) >= 11 is 7.10. The molecule has 0 N–H and O–H groups in total. The lowest BCUT2D eigenvalue weighted by Crippen LogP contribution is -1.91. The van der Waals surface area contributed by atoms with Gasteiger partial charge in [0.2, 0.25) is 0 Å². The third kappa shape index (κ3) is 3.90. The molecule has 0 unspecified atom stereocenters. The number of halogens is 1. The summed E-state index contributed by atoms with van der Waals surface area (Å²) < 4.78 is 5.01. The topological polar surface area (TPSA) is 52.4 Å². The Balaban J connectivity index is 2.82. The first kappa shape index (κ1) is 13.1. The number of benzene rings is 1. The lowest BCUT2D eigenvalue weighted by Gasteiger charge is -2.04. The Hall–Kier alpha value is -0.940. The second-order valence-electron chi connectivity index (χ2n) is 3.01. The second-order valence-corrected chi connectivity index (χ2v) is 4.56. The van der Waals surface area contributed by atoms with E-state index in [1.165, 1.54) is 24.9 Å². The van der Waals surface area contributed by atoms with E-state index in [0.29, 0.717) is 11.6 Å². The maximum absolute atomic E-state index is 10.7. The van der Waals surface area contributed by atoms with Crippen LogP contribution in [0.5, 0.6) is 5.75 Å². The molecule has 0 aliphatic carbocycles. The number of nitro benzene ring substituents is 1. The average molecular weight is 262 g/mol. The van der Waals surface area contributed by atoms with Crippen LogP contribution in [0, 0.1) is 10.1 Å². The van der Waals surface area contributed by atoms with Crippen LogP contribution >= 0.6 is 23.4 Å². The fourth-order valence-electron chi connectivity index (χ4n) is 1.11. The number of non-ortho nitro benzene ring substituents is 1. The van der Waals surface area contributed by atoms with E-state index < -0.39 is 4.92 Å². The molecular formula is C10H12ClNO3S. The predicted octanol–water partition coefficient (Wildman–Crippen LogP) is 3.32. The Labute approximate surface area is 103 Å². The zero-order chi connectivity index (χ0) is 12.0. The summed E-state index contributed by atoms with van der Waals surface area (Å²) in [5.74, 6) is 1.94. The minimum atomic E-state index is -0.422. The molecule has 0 saturated heterocycles. The van der Waals surface area contributed by atoms with Gasteiger partial charge in [0.25, 0.3) is 5.69 Å². The molecule has 0 aliphatic rings. The van der Waals surface area contributed by atoms with E-state index in [9.17, 15) is 10.1 Å². The Kier molecular flexibility index (Phi) is 5.42. The Bertz CT molecular complexity index is 373. The van der Waals surface area contributed by atoms with Crippen molar-refractivity contribution in [1.29, 1.82) is 0 Å². The van der Waals surface area contributed by atoms with Crippen LogP contribution in [-0.2, 0) is 0 Å². The normalized spacial score (nSPS) is 10.1. The largest absolute Gasteiger partial charge is 0.496 e. The molecule has 4 nitrogen and oxygen atoms in total.